The normalized spacial score (nSPS) is 11.1. The second-order valence-corrected chi connectivity index (χ2v) is 9.25. The molecule has 1 heterocycles. The number of hydrogen-bond donors (Lipinski definition) is 2. The molecule has 0 aliphatic rings. The molecular formula is C33H25NO4. The van der Waals surface area contributed by atoms with Gasteiger partial charge in [-0.15, -0.1) is 0 Å². The van der Waals surface area contributed by atoms with E-state index in [1.54, 1.807) is 0 Å². The number of carbonyl (C=O) groups is 1. The number of ether oxygens (including phenoxy) is 2. The van der Waals surface area contributed by atoms with Gasteiger partial charge >= 0.3 is 6.16 Å². The molecule has 0 saturated carbocycles. The summed E-state index contributed by atoms with van der Waals surface area (Å²) in [5.74, 6) is 1.72. The number of aromatic amines is 1. The molecule has 5 heteroatoms. The Kier molecular flexibility index (Phi) is 6.02. The van der Waals surface area contributed by atoms with Crippen molar-refractivity contribution in [3.8, 4) is 28.5 Å². The highest BCUT2D eigenvalue weighted by Crippen LogP contribution is 2.38. The molecule has 6 rings (SSSR count). The van der Waals surface area contributed by atoms with Gasteiger partial charge in [-0.05, 0) is 47.2 Å². The lowest BCUT2D eigenvalue weighted by Crippen LogP contribution is -2.05. The summed E-state index contributed by atoms with van der Waals surface area (Å²) < 4.78 is 11.5. The van der Waals surface area contributed by atoms with Crippen molar-refractivity contribution in [2.45, 2.75) is 13.3 Å². The average Bonchev–Trinajstić information content (AvgIpc) is 3.26. The molecule has 186 valence electrons. The van der Waals surface area contributed by atoms with Gasteiger partial charge in [0, 0.05) is 28.3 Å². The first-order valence-corrected chi connectivity index (χ1v) is 12.4. The summed E-state index contributed by atoms with van der Waals surface area (Å²) in [6.07, 6.45) is -0.893. The van der Waals surface area contributed by atoms with E-state index in [0.29, 0.717) is 12.2 Å². The van der Waals surface area contributed by atoms with Crippen molar-refractivity contribution in [2.75, 3.05) is 0 Å². The predicted molar refractivity (Wildman–Crippen MR) is 150 cm³/mol. The van der Waals surface area contributed by atoms with Crippen molar-refractivity contribution >= 4 is 27.8 Å². The standard InChI is InChI=1S/C33H25NO4/c1-21-9-2-4-14-25(21)27-16-8-17-28-29(32(34-31(27)28)38-33(35)36)20-22-10-6-13-24(19-22)37-30-18-7-12-23-11-3-5-15-26(23)30/h2-19,34H,20H2,1H3,(H,35,36). The van der Waals surface area contributed by atoms with E-state index in [-0.39, 0.29) is 5.88 Å². The smallest absolute Gasteiger partial charge is 0.457 e. The molecule has 0 amide bonds. The molecule has 0 aliphatic heterocycles. The summed E-state index contributed by atoms with van der Waals surface area (Å²) in [4.78, 5) is 14.8. The van der Waals surface area contributed by atoms with E-state index in [9.17, 15) is 9.90 Å². The first kappa shape index (κ1) is 23.4. The Balaban J connectivity index is 1.39. The average molecular weight is 500 g/mol. The Morgan fingerprint density at radius 3 is 2.37 bits per heavy atom. The molecule has 5 aromatic carbocycles. The van der Waals surface area contributed by atoms with Crippen LogP contribution in [-0.4, -0.2) is 16.2 Å². The monoisotopic (exact) mass is 499 g/mol. The summed E-state index contributed by atoms with van der Waals surface area (Å²) in [7, 11) is 0. The maximum Gasteiger partial charge on any atom is 0.512 e. The molecule has 0 aliphatic carbocycles. The second-order valence-electron chi connectivity index (χ2n) is 9.25. The van der Waals surface area contributed by atoms with Crippen LogP contribution >= 0.6 is 0 Å². The van der Waals surface area contributed by atoms with Gasteiger partial charge in [-0.3, -0.25) is 0 Å². The number of carboxylic acid groups (broad SMARTS) is 1. The van der Waals surface area contributed by atoms with Crippen molar-refractivity contribution in [2.24, 2.45) is 0 Å². The maximum atomic E-state index is 11.6. The molecular weight excluding hydrogens is 474 g/mol. The molecule has 5 nitrogen and oxygen atoms in total. The topological polar surface area (TPSA) is 71.6 Å². The number of benzene rings is 5. The van der Waals surface area contributed by atoms with E-state index in [1.807, 2.05) is 84.9 Å². The van der Waals surface area contributed by atoms with Gasteiger partial charge in [-0.25, -0.2) is 4.79 Å². The van der Waals surface area contributed by atoms with Crippen LogP contribution in [0.15, 0.2) is 109 Å². The molecule has 1 aromatic heterocycles. The van der Waals surface area contributed by atoms with E-state index in [0.717, 1.165) is 55.2 Å². The highest BCUT2D eigenvalue weighted by Gasteiger charge is 2.19. The van der Waals surface area contributed by atoms with Gasteiger partial charge in [0.1, 0.15) is 11.5 Å². The lowest BCUT2D eigenvalue weighted by atomic mass is 9.97. The molecule has 2 N–H and O–H groups in total. The minimum atomic E-state index is -1.36. The SMILES string of the molecule is Cc1ccccc1-c1cccc2c(Cc3cccc(Oc4cccc5ccccc45)c3)c(OC(=O)O)[nH]c12. The number of H-pyrrole nitrogens is 1. The molecule has 0 radical (unpaired) electrons. The Morgan fingerprint density at radius 2 is 1.50 bits per heavy atom. The highest BCUT2D eigenvalue weighted by atomic mass is 16.7. The zero-order valence-electron chi connectivity index (χ0n) is 20.8. The molecule has 0 bridgehead atoms. The van der Waals surface area contributed by atoms with Crippen molar-refractivity contribution in [3.63, 3.8) is 0 Å². The van der Waals surface area contributed by atoms with E-state index in [4.69, 9.17) is 9.47 Å². The van der Waals surface area contributed by atoms with Gasteiger partial charge in [0.25, 0.3) is 0 Å². The third-order valence-electron chi connectivity index (χ3n) is 6.78. The largest absolute Gasteiger partial charge is 0.512 e. The summed E-state index contributed by atoms with van der Waals surface area (Å²) in [6.45, 7) is 2.06. The van der Waals surface area contributed by atoms with Crippen LogP contribution < -0.4 is 9.47 Å². The van der Waals surface area contributed by atoms with Crippen LogP contribution in [0.5, 0.6) is 17.4 Å². The molecule has 6 aromatic rings. The summed E-state index contributed by atoms with van der Waals surface area (Å²) in [6, 6.07) is 36.1. The van der Waals surface area contributed by atoms with Crippen LogP contribution in [0.2, 0.25) is 0 Å². The third kappa shape index (κ3) is 4.46. The van der Waals surface area contributed by atoms with Crippen molar-refractivity contribution < 1.29 is 19.4 Å². The third-order valence-corrected chi connectivity index (χ3v) is 6.78. The molecule has 0 spiro atoms. The molecule has 0 unspecified atom stereocenters. The lowest BCUT2D eigenvalue weighted by molar-refractivity contribution is 0.142. The van der Waals surface area contributed by atoms with Crippen LogP contribution in [0.4, 0.5) is 4.79 Å². The van der Waals surface area contributed by atoms with Crippen LogP contribution in [0.1, 0.15) is 16.7 Å². The first-order valence-electron chi connectivity index (χ1n) is 12.4. The first-order chi connectivity index (χ1) is 18.6. The van der Waals surface area contributed by atoms with Crippen molar-refractivity contribution in [1.82, 2.24) is 4.98 Å². The number of fused-ring (bicyclic) bond motifs is 2. The summed E-state index contributed by atoms with van der Waals surface area (Å²) >= 11 is 0. The second kappa shape index (κ2) is 9.79. The Hall–Kier alpha value is -5.03. The predicted octanol–water partition coefficient (Wildman–Crippen LogP) is 8.74. The number of rotatable bonds is 6. The van der Waals surface area contributed by atoms with Gasteiger partial charge in [0.05, 0.1) is 5.52 Å². The Morgan fingerprint density at radius 1 is 0.789 bits per heavy atom. The van der Waals surface area contributed by atoms with Gasteiger partial charge < -0.3 is 19.6 Å². The van der Waals surface area contributed by atoms with E-state index >= 15 is 0 Å². The van der Waals surface area contributed by atoms with Crippen LogP contribution in [0.25, 0.3) is 32.8 Å². The van der Waals surface area contributed by atoms with E-state index < -0.39 is 6.16 Å². The molecule has 0 saturated heterocycles. The van der Waals surface area contributed by atoms with Crippen LogP contribution in [0, 0.1) is 6.92 Å². The lowest BCUT2D eigenvalue weighted by Gasteiger charge is -2.11. The Bertz CT molecular complexity index is 1800. The zero-order valence-corrected chi connectivity index (χ0v) is 20.8. The molecule has 38 heavy (non-hydrogen) atoms. The zero-order chi connectivity index (χ0) is 26.1. The van der Waals surface area contributed by atoms with Crippen molar-refractivity contribution in [3.05, 3.63) is 126 Å². The minimum absolute atomic E-state index is 0.230. The fourth-order valence-corrected chi connectivity index (χ4v) is 5.03. The van der Waals surface area contributed by atoms with E-state index in [2.05, 4.69) is 36.2 Å². The fraction of sp³-hybridized carbons (Fsp3) is 0.0606. The highest BCUT2D eigenvalue weighted by molar-refractivity contribution is 5.98. The van der Waals surface area contributed by atoms with Crippen molar-refractivity contribution in [1.29, 1.82) is 0 Å². The van der Waals surface area contributed by atoms with Gasteiger partial charge in [0.15, 0.2) is 0 Å². The number of aryl methyl sites for hydroxylation is 1. The molecule has 0 atom stereocenters. The van der Waals surface area contributed by atoms with Gasteiger partial charge in [-0.2, -0.15) is 0 Å². The van der Waals surface area contributed by atoms with Crippen LogP contribution in [-0.2, 0) is 6.42 Å². The number of para-hydroxylation sites is 1. The summed E-state index contributed by atoms with van der Waals surface area (Å²) in [5.41, 5.74) is 5.81. The fourth-order valence-electron chi connectivity index (χ4n) is 5.03. The minimum Gasteiger partial charge on any atom is -0.457 e. The van der Waals surface area contributed by atoms with E-state index in [1.165, 1.54) is 0 Å². The maximum absolute atomic E-state index is 11.6. The summed E-state index contributed by atoms with van der Waals surface area (Å²) in [5, 5.41) is 12.5. The number of nitrogens with one attached hydrogen (secondary N) is 1. The Labute approximate surface area is 219 Å². The van der Waals surface area contributed by atoms with Crippen LogP contribution in [0.3, 0.4) is 0 Å². The van der Waals surface area contributed by atoms with Gasteiger partial charge in [0.2, 0.25) is 5.88 Å². The number of aromatic nitrogens is 1. The number of hydrogen-bond acceptors (Lipinski definition) is 3. The quantitative estimate of drug-likeness (QED) is 0.225. The van der Waals surface area contributed by atoms with Gasteiger partial charge in [-0.1, -0.05) is 91.0 Å². The molecule has 0 fully saturated rings.